The first-order chi connectivity index (χ1) is 10.5. The van der Waals surface area contributed by atoms with Crippen molar-refractivity contribution in [3.05, 3.63) is 70.2 Å². The number of carbonyl (C=O) groups excluding carboxylic acids is 1. The van der Waals surface area contributed by atoms with E-state index in [1.165, 1.54) is 0 Å². The monoisotopic (exact) mass is 359 g/mol. The van der Waals surface area contributed by atoms with Gasteiger partial charge in [0.2, 0.25) is 0 Å². The molecule has 1 fully saturated rings. The fourth-order valence-electron chi connectivity index (χ4n) is 2.65. The summed E-state index contributed by atoms with van der Waals surface area (Å²) in [5.74, 6) is -1.55. The van der Waals surface area contributed by atoms with Crippen LogP contribution in [0.15, 0.2) is 59.1 Å². The van der Waals surface area contributed by atoms with Crippen LogP contribution in [0.5, 0.6) is 0 Å². The van der Waals surface area contributed by atoms with E-state index in [4.69, 9.17) is 0 Å². The molecule has 5 heteroatoms. The molecule has 2 atom stereocenters. The molecule has 3 rings (SSSR count). The van der Waals surface area contributed by atoms with Crippen molar-refractivity contribution in [2.24, 2.45) is 0 Å². The molecule has 0 heterocycles. The molecule has 112 valence electrons. The van der Waals surface area contributed by atoms with Crippen LogP contribution >= 0.6 is 15.9 Å². The van der Waals surface area contributed by atoms with Gasteiger partial charge in [-0.05, 0) is 36.2 Å². The molecule has 1 saturated carbocycles. The van der Waals surface area contributed by atoms with E-state index in [0.29, 0.717) is 12.0 Å². The zero-order valence-corrected chi connectivity index (χ0v) is 13.2. The molecule has 2 unspecified atom stereocenters. The van der Waals surface area contributed by atoms with E-state index < -0.39 is 11.5 Å². The highest BCUT2D eigenvalue weighted by atomic mass is 79.9. The van der Waals surface area contributed by atoms with Crippen LogP contribution in [0.2, 0.25) is 0 Å². The number of carbonyl (C=O) groups is 2. The summed E-state index contributed by atoms with van der Waals surface area (Å²) < 4.78 is 0.866. The van der Waals surface area contributed by atoms with E-state index in [-0.39, 0.29) is 11.8 Å². The van der Waals surface area contributed by atoms with Crippen LogP contribution in [-0.2, 0) is 4.79 Å². The summed E-state index contributed by atoms with van der Waals surface area (Å²) in [5.41, 5.74) is 0.175. The first kappa shape index (κ1) is 14.8. The maximum Gasteiger partial charge on any atom is 0.330 e. The molecule has 0 bridgehead atoms. The van der Waals surface area contributed by atoms with E-state index in [1.807, 2.05) is 30.3 Å². The number of amides is 1. The molecule has 1 amide bonds. The molecule has 0 saturated heterocycles. The van der Waals surface area contributed by atoms with Gasteiger partial charge in [-0.3, -0.25) is 4.79 Å². The molecule has 2 aromatic carbocycles. The van der Waals surface area contributed by atoms with Crippen LogP contribution < -0.4 is 5.32 Å². The van der Waals surface area contributed by atoms with Crippen molar-refractivity contribution < 1.29 is 14.7 Å². The van der Waals surface area contributed by atoms with Crippen molar-refractivity contribution in [2.45, 2.75) is 17.9 Å². The largest absolute Gasteiger partial charge is 0.479 e. The highest BCUT2D eigenvalue weighted by Gasteiger charge is 2.62. The summed E-state index contributed by atoms with van der Waals surface area (Å²) in [4.78, 5) is 24.0. The second kappa shape index (κ2) is 5.57. The molecule has 22 heavy (non-hydrogen) atoms. The molecule has 0 radical (unpaired) electrons. The van der Waals surface area contributed by atoms with Gasteiger partial charge in [-0.15, -0.1) is 0 Å². The fourth-order valence-corrected chi connectivity index (χ4v) is 2.92. The van der Waals surface area contributed by atoms with Crippen LogP contribution in [0.3, 0.4) is 0 Å². The summed E-state index contributed by atoms with van der Waals surface area (Å²) in [7, 11) is 0. The van der Waals surface area contributed by atoms with Crippen LogP contribution in [0.25, 0.3) is 0 Å². The third-order valence-corrected chi connectivity index (χ3v) is 4.52. The lowest BCUT2D eigenvalue weighted by molar-refractivity contribution is -0.140. The Labute approximate surface area is 136 Å². The summed E-state index contributed by atoms with van der Waals surface area (Å²) in [6, 6.07) is 16.2. The molecule has 2 aromatic rings. The van der Waals surface area contributed by atoms with Gasteiger partial charge in [0.25, 0.3) is 5.91 Å². The van der Waals surface area contributed by atoms with Crippen LogP contribution in [0.1, 0.15) is 28.3 Å². The third kappa shape index (κ3) is 2.64. The lowest BCUT2D eigenvalue weighted by atomic mass is 10.1. The van der Waals surface area contributed by atoms with Gasteiger partial charge in [-0.1, -0.05) is 46.3 Å². The first-order valence-corrected chi connectivity index (χ1v) is 7.69. The zero-order chi connectivity index (χ0) is 15.7. The van der Waals surface area contributed by atoms with Crippen molar-refractivity contribution in [3.8, 4) is 0 Å². The molecule has 4 nitrogen and oxygen atoms in total. The summed E-state index contributed by atoms with van der Waals surface area (Å²) in [6.07, 6.45) is 0.411. The second-order valence-corrected chi connectivity index (χ2v) is 6.32. The highest BCUT2D eigenvalue weighted by molar-refractivity contribution is 9.10. The van der Waals surface area contributed by atoms with Crippen molar-refractivity contribution in [3.63, 3.8) is 0 Å². The molecule has 0 aromatic heterocycles. The Balaban J connectivity index is 1.81. The number of carboxylic acids is 1. The quantitative estimate of drug-likeness (QED) is 0.880. The van der Waals surface area contributed by atoms with Gasteiger partial charge in [-0.25, -0.2) is 4.79 Å². The maximum atomic E-state index is 12.3. The average molecular weight is 360 g/mol. The Morgan fingerprint density at radius 1 is 1.09 bits per heavy atom. The van der Waals surface area contributed by atoms with Crippen molar-refractivity contribution in [1.29, 1.82) is 0 Å². The number of nitrogens with one attached hydrogen (secondary N) is 1. The number of benzene rings is 2. The van der Waals surface area contributed by atoms with E-state index in [0.717, 1.165) is 10.0 Å². The number of aliphatic carboxylic acids is 1. The van der Waals surface area contributed by atoms with Crippen molar-refractivity contribution >= 4 is 27.8 Å². The van der Waals surface area contributed by atoms with Gasteiger partial charge in [0.15, 0.2) is 0 Å². The lowest BCUT2D eigenvalue weighted by Gasteiger charge is -2.15. The molecular formula is C17H14BrNO3. The lowest BCUT2D eigenvalue weighted by Crippen LogP contribution is -2.44. The first-order valence-electron chi connectivity index (χ1n) is 6.89. The third-order valence-electron chi connectivity index (χ3n) is 3.99. The van der Waals surface area contributed by atoms with E-state index in [9.17, 15) is 14.7 Å². The number of hydrogen-bond acceptors (Lipinski definition) is 2. The van der Waals surface area contributed by atoms with E-state index >= 15 is 0 Å². The predicted octanol–water partition coefficient (Wildman–Crippen LogP) is 3.19. The van der Waals surface area contributed by atoms with Crippen molar-refractivity contribution in [2.75, 3.05) is 0 Å². The number of rotatable bonds is 4. The second-order valence-electron chi connectivity index (χ2n) is 5.40. The minimum absolute atomic E-state index is 0.189. The van der Waals surface area contributed by atoms with Gasteiger partial charge in [0.05, 0.1) is 0 Å². The normalized spacial score (nSPS) is 22.9. The van der Waals surface area contributed by atoms with E-state index in [2.05, 4.69) is 21.2 Å². The smallest absolute Gasteiger partial charge is 0.330 e. The van der Waals surface area contributed by atoms with Gasteiger partial charge in [0.1, 0.15) is 5.54 Å². The van der Waals surface area contributed by atoms with Crippen LogP contribution in [0, 0.1) is 0 Å². The molecule has 1 aliphatic carbocycles. The highest BCUT2D eigenvalue weighted by Crippen LogP contribution is 2.51. The topological polar surface area (TPSA) is 66.4 Å². The minimum atomic E-state index is -1.20. The number of carboxylic acid groups (broad SMARTS) is 1. The Morgan fingerprint density at radius 3 is 2.32 bits per heavy atom. The number of halogens is 1. The molecule has 1 aliphatic rings. The maximum absolute atomic E-state index is 12.3. The Kier molecular flexibility index (Phi) is 3.74. The predicted molar refractivity (Wildman–Crippen MR) is 85.8 cm³/mol. The minimum Gasteiger partial charge on any atom is -0.479 e. The SMILES string of the molecule is O=C(NC1(C(=O)O)CC1c1ccccc1)c1ccc(Br)cc1. The van der Waals surface area contributed by atoms with Gasteiger partial charge >= 0.3 is 5.97 Å². The Bertz CT molecular complexity index is 714. The zero-order valence-electron chi connectivity index (χ0n) is 11.6. The summed E-state index contributed by atoms with van der Waals surface area (Å²) >= 11 is 3.31. The molecule has 0 aliphatic heterocycles. The van der Waals surface area contributed by atoms with Crippen molar-refractivity contribution in [1.82, 2.24) is 5.32 Å². The van der Waals surface area contributed by atoms with Gasteiger partial charge in [0, 0.05) is 16.0 Å². The molecule has 2 N–H and O–H groups in total. The Hall–Kier alpha value is -2.14. The standard InChI is InChI=1S/C17H14BrNO3/c18-13-8-6-12(7-9-13)15(20)19-17(16(21)22)10-14(17)11-4-2-1-3-5-11/h1-9,14H,10H2,(H,19,20)(H,21,22). The van der Waals surface area contributed by atoms with E-state index in [1.54, 1.807) is 24.3 Å². The van der Waals surface area contributed by atoms with Gasteiger partial charge < -0.3 is 10.4 Å². The molecule has 0 spiro atoms. The van der Waals surface area contributed by atoms with Crippen LogP contribution in [0.4, 0.5) is 0 Å². The number of hydrogen-bond donors (Lipinski definition) is 2. The van der Waals surface area contributed by atoms with Gasteiger partial charge in [-0.2, -0.15) is 0 Å². The Morgan fingerprint density at radius 2 is 1.73 bits per heavy atom. The van der Waals surface area contributed by atoms with Crippen LogP contribution in [-0.4, -0.2) is 22.5 Å². The fraction of sp³-hybridized carbons (Fsp3) is 0.176. The average Bonchev–Trinajstić information content (AvgIpc) is 3.24. The summed E-state index contributed by atoms with van der Waals surface area (Å²) in [5, 5.41) is 12.3. The summed E-state index contributed by atoms with van der Waals surface area (Å²) in [6.45, 7) is 0. The molecular weight excluding hydrogens is 346 g/mol.